The topological polar surface area (TPSA) is 20.3 Å². The second-order valence-electron chi connectivity index (χ2n) is 4.25. The normalized spacial score (nSPS) is 11.4. The summed E-state index contributed by atoms with van der Waals surface area (Å²) in [6.45, 7) is 9.00. The predicted octanol–water partition coefficient (Wildman–Crippen LogP) is 1.90. The van der Waals surface area contributed by atoms with Crippen LogP contribution in [0.3, 0.4) is 0 Å². The summed E-state index contributed by atoms with van der Waals surface area (Å²) in [6, 6.07) is 0. The van der Waals surface area contributed by atoms with E-state index in [2.05, 4.69) is 20.8 Å². The van der Waals surface area contributed by atoms with E-state index in [4.69, 9.17) is 0 Å². The molecule has 11 heavy (non-hydrogen) atoms. The molecule has 66 valence electrons. The molecule has 0 saturated carbocycles. The van der Waals surface area contributed by atoms with Crippen molar-refractivity contribution in [1.29, 1.82) is 0 Å². The predicted molar refractivity (Wildman–Crippen MR) is 47.4 cm³/mol. The van der Waals surface area contributed by atoms with E-state index in [1.165, 1.54) is 0 Å². The molecule has 0 aliphatic heterocycles. The molecule has 0 radical (unpaired) electrons. The quantitative estimate of drug-likeness (QED) is 0.599. The van der Waals surface area contributed by atoms with Crippen LogP contribution in [0.5, 0.6) is 0 Å². The smallest absolute Gasteiger partial charge is 0.219 e. The van der Waals surface area contributed by atoms with Gasteiger partial charge in [0.25, 0.3) is 0 Å². The molecule has 0 atom stereocenters. The third-order valence-corrected chi connectivity index (χ3v) is 1.73. The van der Waals surface area contributed by atoms with Gasteiger partial charge in [-0.25, -0.2) is 0 Å². The SMILES string of the molecule is CC(=O)N(C)CCC(C)(C)C. The lowest BCUT2D eigenvalue weighted by Gasteiger charge is -2.22. The summed E-state index contributed by atoms with van der Waals surface area (Å²) in [4.78, 5) is 12.5. The molecule has 2 nitrogen and oxygen atoms in total. The van der Waals surface area contributed by atoms with Crippen molar-refractivity contribution in [3.05, 3.63) is 0 Å². The zero-order valence-electron chi connectivity index (χ0n) is 8.27. The van der Waals surface area contributed by atoms with Crippen LogP contribution in [-0.4, -0.2) is 24.4 Å². The van der Waals surface area contributed by atoms with Crippen molar-refractivity contribution >= 4 is 5.91 Å². The largest absolute Gasteiger partial charge is 0.346 e. The van der Waals surface area contributed by atoms with E-state index in [-0.39, 0.29) is 5.91 Å². The maximum atomic E-state index is 10.8. The minimum Gasteiger partial charge on any atom is -0.346 e. The van der Waals surface area contributed by atoms with Crippen LogP contribution in [0.25, 0.3) is 0 Å². The van der Waals surface area contributed by atoms with Gasteiger partial charge in [-0.15, -0.1) is 0 Å². The molecule has 0 aromatic heterocycles. The highest BCUT2D eigenvalue weighted by Gasteiger charge is 2.11. The van der Waals surface area contributed by atoms with Gasteiger partial charge in [-0.1, -0.05) is 20.8 Å². The van der Waals surface area contributed by atoms with E-state index in [1.54, 1.807) is 11.8 Å². The maximum absolute atomic E-state index is 10.8. The van der Waals surface area contributed by atoms with Crippen LogP contribution in [0.15, 0.2) is 0 Å². The summed E-state index contributed by atoms with van der Waals surface area (Å²) >= 11 is 0. The Morgan fingerprint density at radius 3 is 2.09 bits per heavy atom. The average molecular weight is 157 g/mol. The van der Waals surface area contributed by atoms with Crippen LogP contribution >= 0.6 is 0 Å². The Bertz CT molecular complexity index is 135. The number of hydrogen-bond donors (Lipinski definition) is 0. The van der Waals surface area contributed by atoms with Crippen molar-refractivity contribution in [2.75, 3.05) is 13.6 Å². The molecule has 0 spiro atoms. The second-order valence-corrected chi connectivity index (χ2v) is 4.25. The molecule has 0 aromatic carbocycles. The zero-order valence-corrected chi connectivity index (χ0v) is 8.27. The first kappa shape index (κ1) is 10.5. The number of nitrogens with zero attached hydrogens (tertiary/aromatic N) is 1. The Kier molecular flexibility index (Phi) is 3.56. The van der Waals surface area contributed by atoms with Crippen LogP contribution in [0, 0.1) is 5.41 Å². The Balaban J connectivity index is 3.63. The van der Waals surface area contributed by atoms with Gasteiger partial charge in [0.2, 0.25) is 5.91 Å². The summed E-state index contributed by atoms with van der Waals surface area (Å²) in [5.41, 5.74) is 0.323. The molecule has 0 aromatic rings. The lowest BCUT2D eigenvalue weighted by molar-refractivity contribution is -0.127. The third-order valence-electron chi connectivity index (χ3n) is 1.73. The van der Waals surface area contributed by atoms with Gasteiger partial charge in [0.1, 0.15) is 0 Å². The number of carbonyl (C=O) groups is 1. The number of rotatable bonds is 2. The molecular weight excluding hydrogens is 138 g/mol. The Morgan fingerprint density at radius 2 is 1.82 bits per heavy atom. The fraction of sp³-hybridized carbons (Fsp3) is 0.889. The van der Waals surface area contributed by atoms with Crippen LogP contribution < -0.4 is 0 Å². The third kappa shape index (κ3) is 5.89. The molecule has 0 bridgehead atoms. The molecule has 0 N–H and O–H groups in total. The van der Waals surface area contributed by atoms with Gasteiger partial charge in [0.15, 0.2) is 0 Å². The van der Waals surface area contributed by atoms with E-state index >= 15 is 0 Å². The molecule has 0 unspecified atom stereocenters. The monoisotopic (exact) mass is 157 g/mol. The number of hydrogen-bond acceptors (Lipinski definition) is 1. The second kappa shape index (κ2) is 3.74. The van der Waals surface area contributed by atoms with E-state index in [0.717, 1.165) is 13.0 Å². The van der Waals surface area contributed by atoms with Gasteiger partial charge in [-0.05, 0) is 11.8 Å². The molecule has 0 rings (SSSR count). The summed E-state index contributed by atoms with van der Waals surface area (Å²) in [5, 5.41) is 0. The minimum atomic E-state index is 0.147. The molecule has 0 heterocycles. The highest BCUT2D eigenvalue weighted by atomic mass is 16.2. The van der Waals surface area contributed by atoms with Crippen molar-refractivity contribution in [3.63, 3.8) is 0 Å². The van der Waals surface area contributed by atoms with Crippen molar-refractivity contribution in [2.45, 2.75) is 34.1 Å². The van der Waals surface area contributed by atoms with Crippen molar-refractivity contribution < 1.29 is 4.79 Å². The molecule has 1 amide bonds. The zero-order chi connectivity index (χ0) is 9.07. The van der Waals surface area contributed by atoms with Crippen molar-refractivity contribution in [1.82, 2.24) is 4.90 Å². The maximum Gasteiger partial charge on any atom is 0.219 e. The fourth-order valence-corrected chi connectivity index (χ4v) is 0.661. The fourth-order valence-electron chi connectivity index (χ4n) is 0.661. The molecule has 2 heteroatoms. The van der Waals surface area contributed by atoms with Crippen LogP contribution in [0.2, 0.25) is 0 Å². The Hall–Kier alpha value is -0.530. The molecule has 0 fully saturated rings. The van der Waals surface area contributed by atoms with Gasteiger partial charge in [-0.3, -0.25) is 4.79 Å². The van der Waals surface area contributed by atoms with Gasteiger partial charge in [0.05, 0.1) is 0 Å². The minimum absolute atomic E-state index is 0.147. The summed E-state index contributed by atoms with van der Waals surface area (Å²) in [7, 11) is 1.84. The molecule has 0 aliphatic rings. The Morgan fingerprint density at radius 1 is 1.36 bits per heavy atom. The van der Waals surface area contributed by atoms with Crippen molar-refractivity contribution in [3.8, 4) is 0 Å². The van der Waals surface area contributed by atoms with Gasteiger partial charge in [-0.2, -0.15) is 0 Å². The van der Waals surface area contributed by atoms with Gasteiger partial charge < -0.3 is 4.90 Å². The number of amides is 1. The van der Waals surface area contributed by atoms with E-state index in [1.807, 2.05) is 7.05 Å². The van der Waals surface area contributed by atoms with Crippen LogP contribution in [-0.2, 0) is 4.79 Å². The number of carbonyl (C=O) groups excluding carboxylic acids is 1. The van der Waals surface area contributed by atoms with E-state index < -0.39 is 0 Å². The highest BCUT2D eigenvalue weighted by molar-refractivity contribution is 5.72. The van der Waals surface area contributed by atoms with Gasteiger partial charge >= 0.3 is 0 Å². The lowest BCUT2D eigenvalue weighted by Crippen LogP contribution is -2.27. The average Bonchev–Trinajstić information content (AvgIpc) is 1.80. The first-order valence-electron chi connectivity index (χ1n) is 4.04. The molecule has 0 aliphatic carbocycles. The summed E-state index contributed by atoms with van der Waals surface area (Å²) < 4.78 is 0. The molecule has 0 saturated heterocycles. The first-order valence-corrected chi connectivity index (χ1v) is 4.04. The summed E-state index contributed by atoms with van der Waals surface area (Å²) in [6.07, 6.45) is 1.06. The molecular formula is C9H19NO. The Labute approximate surface area is 69.6 Å². The van der Waals surface area contributed by atoms with E-state index in [9.17, 15) is 4.79 Å². The van der Waals surface area contributed by atoms with Crippen molar-refractivity contribution in [2.24, 2.45) is 5.41 Å². The first-order chi connectivity index (χ1) is 4.83. The highest BCUT2D eigenvalue weighted by Crippen LogP contribution is 2.18. The van der Waals surface area contributed by atoms with Gasteiger partial charge in [0, 0.05) is 20.5 Å². The van der Waals surface area contributed by atoms with Crippen LogP contribution in [0.1, 0.15) is 34.1 Å². The summed E-state index contributed by atoms with van der Waals surface area (Å²) in [5.74, 6) is 0.147. The van der Waals surface area contributed by atoms with Crippen LogP contribution in [0.4, 0.5) is 0 Å². The van der Waals surface area contributed by atoms with E-state index in [0.29, 0.717) is 5.41 Å². The standard InChI is InChI=1S/C9H19NO/c1-8(11)10(5)7-6-9(2,3)4/h6-7H2,1-5H3. The lowest BCUT2D eigenvalue weighted by atomic mass is 9.92.